The summed E-state index contributed by atoms with van der Waals surface area (Å²) in [5.74, 6) is -0.636. The largest absolute Gasteiger partial charge is 0.465 e. The van der Waals surface area contributed by atoms with Crippen LogP contribution in [0.25, 0.3) is 0 Å². The average molecular weight is 769 g/mol. The number of halogens is 1. The second kappa shape index (κ2) is 18.7. The van der Waals surface area contributed by atoms with Gasteiger partial charge in [-0.15, -0.1) is 0 Å². The summed E-state index contributed by atoms with van der Waals surface area (Å²) in [6.45, 7) is 17.0. The van der Waals surface area contributed by atoms with Crippen LogP contribution in [0, 0.1) is 3.57 Å². The minimum Gasteiger partial charge on any atom is -0.465 e. The van der Waals surface area contributed by atoms with Gasteiger partial charge < -0.3 is 39.0 Å². The second-order valence-corrected chi connectivity index (χ2v) is 14.0. The predicted octanol–water partition coefficient (Wildman–Crippen LogP) is 5.43. The average Bonchev–Trinajstić information content (AvgIpc) is 3.03. The molecular formula is C34H49IN4O8. The quantitative estimate of drug-likeness (QED) is 0.245. The van der Waals surface area contributed by atoms with Gasteiger partial charge in [-0.05, 0) is 101 Å². The molecule has 0 saturated carbocycles. The Kier molecular flexibility index (Phi) is 15.7. The molecule has 0 atom stereocenters. The molecule has 13 heteroatoms. The number of nitrogens with one attached hydrogen (secondary N) is 1. The molecule has 2 heterocycles. The molecule has 47 heavy (non-hydrogen) atoms. The van der Waals surface area contributed by atoms with Crippen molar-refractivity contribution in [2.45, 2.75) is 52.7 Å². The molecule has 0 spiro atoms. The third-order valence-electron chi connectivity index (χ3n) is 6.58. The summed E-state index contributed by atoms with van der Waals surface area (Å²) in [5.41, 5.74) is 1.21. The molecule has 0 aromatic heterocycles. The highest BCUT2D eigenvalue weighted by Gasteiger charge is 2.26. The summed E-state index contributed by atoms with van der Waals surface area (Å²) in [7, 11) is 2.75. The Morgan fingerprint density at radius 3 is 1.55 bits per heavy atom. The molecule has 2 aromatic rings. The number of amides is 2. The van der Waals surface area contributed by atoms with E-state index in [0.717, 1.165) is 35.4 Å². The molecular weight excluding hydrogens is 719 g/mol. The first-order valence-electron chi connectivity index (χ1n) is 15.5. The van der Waals surface area contributed by atoms with Crippen LogP contribution in [0.4, 0.5) is 15.3 Å². The highest BCUT2D eigenvalue weighted by molar-refractivity contribution is 14.1. The summed E-state index contributed by atoms with van der Waals surface area (Å²) in [6.07, 6.45) is -0.477. The number of anilines is 1. The first-order valence-corrected chi connectivity index (χ1v) is 16.5. The van der Waals surface area contributed by atoms with Crippen molar-refractivity contribution in [1.82, 2.24) is 15.1 Å². The van der Waals surface area contributed by atoms with Gasteiger partial charge in [0, 0.05) is 61.6 Å². The lowest BCUT2D eigenvalue weighted by atomic mass is 10.1. The van der Waals surface area contributed by atoms with Crippen LogP contribution in [-0.2, 0) is 18.9 Å². The van der Waals surface area contributed by atoms with E-state index in [2.05, 4.69) is 37.5 Å². The zero-order valence-electron chi connectivity index (χ0n) is 28.8. The molecule has 0 aliphatic carbocycles. The lowest BCUT2D eigenvalue weighted by Crippen LogP contribution is -2.50. The molecule has 2 saturated heterocycles. The van der Waals surface area contributed by atoms with Gasteiger partial charge in [-0.2, -0.15) is 0 Å². The molecule has 0 unspecified atom stereocenters. The lowest BCUT2D eigenvalue weighted by Gasteiger charge is -2.36. The van der Waals surface area contributed by atoms with Crippen LogP contribution >= 0.6 is 22.6 Å². The highest BCUT2D eigenvalue weighted by Crippen LogP contribution is 2.20. The van der Waals surface area contributed by atoms with Gasteiger partial charge in [0.25, 0.3) is 0 Å². The number of ether oxygens (including phenoxy) is 4. The van der Waals surface area contributed by atoms with Crippen molar-refractivity contribution >= 4 is 52.4 Å². The molecule has 2 amide bonds. The van der Waals surface area contributed by atoms with Crippen molar-refractivity contribution in [3.8, 4) is 0 Å². The van der Waals surface area contributed by atoms with Gasteiger partial charge in [0.1, 0.15) is 11.2 Å². The molecule has 12 nitrogen and oxygen atoms in total. The smallest absolute Gasteiger partial charge is 0.410 e. The monoisotopic (exact) mass is 768 g/mol. The van der Waals surface area contributed by atoms with Crippen LogP contribution in [0.1, 0.15) is 62.3 Å². The van der Waals surface area contributed by atoms with Gasteiger partial charge in [0.15, 0.2) is 0 Å². The molecule has 0 bridgehead atoms. The van der Waals surface area contributed by atoms with Crippen molar-refractivity contribution in [1.29, 1.82) is 0 Å². The van der Waals surface area contributed by atoms with Crippen LogP contribution < -0.4 is 10.2 Å². The number of esters is 2. The fraction of sp³-hybridized carbons (Fsp3) is 0.529. The number of carbonyl (C=O) groups is 4. The number of methoxy groups -OCH3 is 2. The maximum absolute atomic E-state index is 12.1. The first-order chi connectivity index (χ1) is 22.0. The van der Waals surface area contributed by atoms with Crippen LogP contribution in [-0.4, -0.2) is 112 Å². The van der Waals surface area contributed by atoms with Crippen LogP contribution in [0.5, 0.6) is 0 Å². The van der Waals surface area contributed by atoms with Gasteiger partial charge in [-0.3, -0.25) is 0 Å². The van der Waals surface area contributed by atoms with Crippen LogP contribution in [0.15, 0.2) is 48.5 Å². The third-order valence-corrected chi connectivity index (χ3v) is 7.25. The number of benzene rings is 2. The molecule has 2 aliphatic heterocycles. The van der Waals surface area contributed by atoms with Crippen molar-refractivity contribution < 1.29 is 38.1 Å². The van der Waals surface area contributed by atoms with E-state index in [1.54, 1.807) is 28.0 Å². The fourth-order valence-electron chi connectivity index (χ4n) is 4.33. The Bertz CT molecular complexity index is 1330. The summed E-state index contributed by atoms with van der Waals surface area (Å²) in [5, 5.41) is 3.18. The summed E-state index contributed by atoms with van der Waals surface area (Å²) in [4.78, 5) is 51.7. The third kappa shape index (κ3) is 14.8. The van der Waals surface area contributed by atoms with E-state index in [0.29, 0.717) is 37.3 Å². The maximum atomic E-state index is 12.1. The van der Waals surface area contributed by atoms with Crippen molar-refractivity contribution in [2.75, 3.05) is 71.5 Å². The zero-order valence-corrected chi connectivity index (χ0v) is 30.9. The van der Waals surface area contributed by atoms with E-state index in [1.165, 1.54) is 14.2 Å². The molecule has 1 N–H and O–H groups in total. The van der Waals surface area contributed by atoms with E-state index in [9.17, 15) is 19.2 Å². The standard InChI is InChI=1S/C17H24N2O4.C9H18N2O2.C8H7IO2/c1-17(2,3)23-16(21)19-10-8-18(9-11-19)14-7-5-6-13(12-14)15(20)22-4;1-9(2,3)13-8(12)11-6-4-10-5-7-11;1-11-8(10)6-3-2-4-7(9)5-6/h5-7,12H,8-11H2,1-4H3;10H,4-7H2,1-3H3;2-5H,1H3. The van der Waals surface area contributed by atoms with Gasteiger partial charge in [0.2, 0.25) is 0 Å². The summed E-state index contributed by atoms with van der Waals surface area (Å²) >= 11 is 2.15. The predicted molar refractivity (Wildman–Crippen MR) is 189 cm³/mol. The molecule has 2 aliphatic rings. The molecule has 4 rings (SSSR count). The van der Waals surface area contributed by atoms with Crippen LogP contribution in [0.2, 0.25) is 0 Å². The molecule has 2 aromatic carbocycles. The molecule has 0 radical (unpaired) electrons. The van der Waals surface area contributed by atoms with Crippen molar-refractivity contribution in [3.05, 3.63) is 63.2 Å². The summed E-state index contributed by atoms with van der Waals surface area (Å²) in [6, 6.07) is 14.6. The Labute approximate surface area is 292 Å². The van der Waals surface area contributed by atoms with Gasteiger partial charge >= 0.3 is 24.1 Å². The number of nitrogens with zero attached hydrogens (tertiary/aromatic N) is 3. The van der Waals surface area contributed by atoms with E-state index in [-0.39, 0.29) is 29.7 Å². The van der Waals surface area contributed by atoms with E-state index >= 15 is 0 Å². The molecule has 260 valence electrons. The Hall–Kier alpha value is -3.59. The maximum Gasteiger partial charge on any atom is 0.410 e. The molecule has 2 fully saturated rings. The topological polar surface area (TPSA) is 127 Å². The highest BCUT2D eigenvalue weighted by atomic mass is 127. The van der Waals surface area contributed by atoms with Gasteiger partial charge in [-0.25, -0.2) is 19.2 Å². The lowest BCUT2D eigenvalue weighted by molar-refractivity contribution is 0.0223. The van der Waals surface area contributed by atoms with E-state index in [4.69, 9.17) is 14.2 Å². The van der Waals surface area contributed by atoms with E-state index < -0.39 is 5.60 Å². The van der Waals surface area contributed by atoms with E-state index in [1.807, 2.05) is 71.9 Å². The van der Waals surface area contributed by atoms with Crippen molar-refractivity contribution in [3.63, 3.8) is 0 Å². The Balaban J connectivity index is 0.000000270. The fourth-order valence-corrected chi connectivity index (χ4v) is 4.87. The second-order valence-electron chi connectivity index (χ2n) is 12.7. The number of rotatable bonds is 3. The van der Waals surface area contributed by atoms with Gasteiger partial charge in [-0.1, -0.05) is 12.1 Å². The number of carbonyl (C=O) groups excluding carboxylic acids is 4. The SMILES string of the molecule is CC(C)(C)OC(=O)N1CCNCC1.COC(=O)c1cccc(I)c1.COC(=O)c1cccc(N2CCN(C(=O)OC(C)(C)C)CC2)c1. The minimum atomic E-state index is -0.483. The Morgan fingerprint density at radius 2 is 1.11 bits per heavy atom. The first kappa shape index (κ1) is 39.6. The van der Waals surface area contributed by atoms with Crippen molar-refractivity contribution in [2.24, 2.45) is 0 Å². The number of piperazine rings is 2. The summed E-state index contributed by atoms with van der Waals surface area (Å²) < 4.78 is 21.0. The Morgan fingerprint density at radius 1 is 0.660 bits per heavy atom. The number of hydrogen-bond donors (Lipinski definition) is 1. The zero-order chi connectivity index (χ0) is 35.2. The van der Waals surface area contributed by atoms with Crippen LogP contribution in [0.3, 0.4) is 0 Å². The number of hydrogen-bond acceptors (Lipinski definition) is 10. The van der Waals surface area contributed by atoms with Gasteiger partial charge in [0.05, 0.1) is 25.3 Å². The minimum absolute atomic E-state index is 0.200. The normalized spacial score (nSPS) is 14.8.